The van der Waals surface area contributed by atoms with Crippen molar-refractivity contribution >= 4 is 30.7 Å². The number of hydrogen-bond donors (Lipinski definition) is 1. The summed E-state index contributed by atoms with van der Waals surface area (Å²) in [6.07, 6.45) is 0.890. The zero-order valence-electron chi connectivity index (χ0n) is 14.2. The molecule has 0 saturated carbocycles. The van der Waals surface area contributed by atoms with Crippen molar-refractivity contribution in [2.75, 3.05) is 26.7 Å². The second-order valence-corrected chi connectivity index (χ2v) is 6.86. The molecule has 2 N–H and O–H groups in total. The molecule has 1 aliphatic rings. The van der Waals surface area contributed by atoms with Crippen molar-refractivity contribution in [3.8, 4) is 0 Å². The van der Waals surface area contributed by atoms with Gasteiger partial charge in [-0.3, -0.25) is 9.69 Å². The van der Waals surface area contributed by atoms with Crippen LogP contribution < -0.4 is 5.73 Å². The van der Waals surface area contributed by atoms with Crippen LogP contribution in [0.25, 0.3) is 0 Å². The number of amides is 1. The topological polar surface area (TPSA) is 49.6 Å². The van der Waals surface area contributed by atoms with Crippen molar-refractivity contribution in [1.82, 2.24) is 9.80 Å². The zero-order valence-corrected chi connectivity index (χ0v) is 15.8. The van der Waals surface area contributed by atoms with E-state index in [-0.39, 0.29) is 42.2 Å². The predicted octanol–water partition coefficient (Wildman–Crippen LogP) is 2.55. The zero-order chi connectivity index (χ0) is 15.5. The van der Waals surface area contributed by atoms with Crippen LogP contribution in [0.3, 0.4) is 0 Å². The first-order valence-electron chi connectivity index (χ1n) is 7.64. The summed E-state index contributed by atoms with van der Waals surface area (Å²) in [5.74, 6) is 0.202. The van der Waals surface area contributed by atoms with Gasteiger partial charge in [0.1, 0.15) is 0 Å². The minimum absolute atomic E-state index is 0. The Kier molecular flexibility index (Phi) is 9.14. The van der Waals surface area contributed by atoms with E-state index in [4.69, 9.17) is 5.73 Å². The highest BCUT2D eigenvalue weighted by atomic mass is 35.5. The normalized spacial score (nSPS) is 19.7. The summed E-state index contributed by atoms with van der Waals surface area (Å²) in [5.41, 5.74) is 7.37. The SMILES string of the molecule is CN(CC(=O)N1CCC(N)C(C)(C)C1)Cc1ccccc1.Cl.Cl. The molecule has 4 nitrogen and oxygen atoms in total. The number of likely N-dealkylation sites (tertiary alicyclic amines) is 1. The Hall–Kier alpha value is -0.810. The first-order chi connectivity index (χ1) is 9.88. The molecule has 23 heavy (non-hydrogen) atoms. The minimum atomic E-state index is 0. The number of hydrogen-bond acceptors (Lipinski definition) is 3. The second kappa shape index (κ2) is 9.48. The summed E-state index contributed by atoms with van der Waals surface area (Å²) >= 11 is 0. The van der Waals surface area contributed by atoms with Crippen LogP contribution in [0.1, 0.15) is 25.8 Å². The minimum Gasteiger partial charge on any atom is -0.341 e. The molecule has 1 atom stereocenters. The van der Waals surface area contributed by atoms with E-state index in [1.54, 1.807) is 0 Å². The summed E-state index contributed by atoms with van der Waals surface area (Å²) in [5, 5.41) is 0. The molecule has 1 aliphatic heterocycles. The van der Waals surface area contributed by atoms with Crippen molar-refractivity contribution in [3.05, 3.63) is 35.9 Å². The van der Waals surface area contributed by atoms with Gasteiger partial charge in [0.05, 0.1) is 6.54 Å². The van der Waals surface area contributed by atoms with Gasteiger partial charge >= 0.3 is 0 Å². The Morgan fingerprint density at radius 3 is 2.48 bits per heavy atom. The van der Waals surface area contributed by atoms with Crippen molar-refractivity contribution in [3.63, 3.8) is 0 Å². The monoisotopic (exact) mass is 361 g/mol. The predicted molar refractivity (Wildman–Crippen MR) is 100 cm³/mol. The smallest absolute Gasteiger partial charge is 0.236 e. The van der Waals surface area contributed by atoms with Crippen LogP contribution in [0.5, 0.6) is 0 Å². The highest BCUT2D eigenvalue weighted by molar-refractivity contribution is 5.85. The number of carbonyl (C=O) groups is 1. The number of likely N-dealkylation sites (N-methyl/N-ethyl adjacent to an activating group) is 1. The van der Waals surface area contributed by atoms with Crippen LogP contribution in [0.15, 0.2) is 30.3 Å². The molecule has 1 saturated heterocycles. The van der Waals surface area contributed by atoms with Gasteiger partial charge in [0.2, 0.25) is 5.91 Å². The van der Waals surface area contributed by atoms with Crippen LogP contribution in [-0.4, -0.2) is 48.4 Å². The molecule has 0 radical (unpaired) electrons. The molecule has 6 heteroatoms. The lowest BCUT2D eigenvalue weighted by Gasteiger charge is -2.43. The summed E-state index contributed by atoms with van der Waals surface area (Å²) in [6, 6.07) is 10.4. The van der Waals surface area contributed by atoms with E-state index < -0.39 is 0 Å². The standard InChI is InChI=1S/C17H27N3O.2ClH/c1-17(2)13-20(10-9-15(17)18)16(21)12-19(3)11-14-7-5-4-6-8-14;;/h4-8,15H,9-13,18H2,1-3H3;2*1H. The van der Waals surface area contributed by atoms with E-state index in [2.05, 4.69) is 30.9 Å². The molecular formula is C17H29Cl2N3O. The molecule has 0 spiro atoms. The first-order valence-corrected chi connectivity index (χ1v) is 7.64. The third-order valence-corrected chi connectivity index (χ3v) is 4.37. The Morgan fingerprint density at radius 2 is 1.91 bits per heavy atom. The molecule has 132 valence electrons. The Morgan fingerprint density at radius 1 is 1.30 bits per heavy atom. The summed E-state index contributed by atoms with van der Waals surface area (Å²) in [7, 11) is 1.99. The van der Waals surface area contributed by atoms with E-state index >= 15 is 0 Å². The van der Waals surface area contributed by atoms with E-state index in [1.807, 2.05) is 30.1 Å². The molecular weight excluding hydrogens is 333 g/mol. The quantitative estimate of drug-likeness (QED) is 0.896. The number of benzene rings is 1. The Bertz CT molecular complexity index is 482. The van der Waals surface area contributed by atoms with Gasteiger partial charge in [0.15, 0.2) is 0 Å². The molecule has 2 rings (SSSR count). The number of nitrogens with zero attached hydrogens (tertiary/aromatic N) is 2. The number of halogens is 2. The molecule has 1 heterocycles. The third-order valence-electron chi connectivity index (χ3n) is 4.37. The lowest BCUT2D eigenvalue weighted by molar-refractivity contribution is -0.135. The maximum atomic E-state index is 12.4. The fourth-order valence-corrected chi connectivity index (χ4v) is 2.87. The summed E-state index contributed by atoms with van der Waals surface area (Å²) in [6.45, 7) is 7.08. The number of carbonyl (C=O) groups excluding carboxylic acids is 1. The van der Waals surface area contributed by atoms with Crippen molar-refractivity contribution in [2.24, 2.45) is 11.1 Å². The maximum absolute atomic E-state index is 12.4. The van der Waals surface area contributed by atoms with Gasteiger partial charge < -0.3 is 10.6 Å². The number of nitrogens with two attached hydrogens (primary N) is 1. The van der Waals surface area contributed by atoms with Gasteiger partial charge in [-0.2, -0.15) is 0 Å². The van der Waals surface area contributed by atoms with Crippen LogP contribution in [0.2, 0.25) is 0 Å². The van der Waals surface area contributed by atoms with Gasteiger partial charge in [-0.1, -0.05) is 44.2 Å². The first kappa shape index (κ1) is 22.2. The van der Waals surface area contributed by atoms with Crippen LogP contribution in [0, 0.1) is 5.41 Å². The third kappa shape index (κ3) is 6.30. The van der Waals surface area contributed by atoms with Crippen molar-refractivity contribution in [2.45, 2.75) is 32.9 Å². The van der Waals surface area contributed by atoms with E-state index in [0.29, 0.717) is 6.54 Å². The van der Waals surface area contributed by atoms with Crippen LogP contribution in [0.4, 0.5) is 0 Å². The molecule has 1 aromatic carbocycles. The molecule has 1 aromatic rings. The van der Waals surface area contributed by atoms with Gasteiger partial charge in [-0.15, -0.1) is 24.8 Å². The van der Waals surface area contributed by atoms with Crippen LogP contribution in [-0.2, 0) is 11.3 Å². The van der Waals surface area contributed by atoms with Gasteiger partial charge in [-0.25, -0.2) is 0 Å². The Balaban J connectivity index is 0.00000242. The molecule has 1 unspecified atom stereocenters. The molecule has 1 amide bonds. The fraction of sp³-hybridized carbons (Fsp3) is 0.588. The Labute approximate surface area is 152 Å². The summed E-state index contributed by atoms with van der Waals surface area (Å²) in [4.78, 5) is 16.5. The lowest BCUT2D eigenvalue weighted by Crippen LogP contribution is -2.55. The van der Waals surface area contributed by atoms with Gasteiger partial charge in [0, 0.05) is 25.7 Å². The largest absolute Gasteiger partial charge is 0.341 e. The lowest BCUT2D eigenvalue weighted by atomic mass is 9.79. The molecule has 0 aliphatic carbocycles. The van der Waals surface area contributed by atoms with Crippen molar-refractivity contribution < 1.29 is 4.79 Å². The van der Waals surface area contributed by atoms with Crippen molar-refractivity contribution in [1.29, 1.82) is 0 Å². The van der Waals surface area contributed by atoms with Crippen LogP contribution >= 0.6 is 24.8 Å². The summed E-state index contributed by atoms with van der Waals surface area (Å²) < 4.78 is 0. The highest BCUT2D eigenvalue weighted by Crippen LogP contribution is 2.27. The fourth-order valence-electron chi connectivity index (χ4n) is 2.87. The van der Waals surface area contributed by atoms with E-state index in [0.717, 1.165) is 26.1 Å². The van der Waals surface area contributed by atoms with E-state index in [1.165, 1.54) is 5.56 Å². The molecule has 0 aromatic heterocycles. The number of rotatable bonds is 4. The maximum Gasteiger partial charge on any atom is 0.236 e. The highest BCUT2D eigenvalue weighted by Gasteiger charge is 2.35. The average Bonchev–Trinajstić information content (AvgIpc) is 2.42. The molecule has 0 bridgehead atoms. The molecule has 1 fully saturated rings. The average molecular weight is 362 g/mol. The van der Waals surface area contributed by atoms with Gasteiger partial charge in [-0.05, 0) is 24.4 Å². The van der Waals surface area contributed by atoms with Gasteiger partial charge in [0.25, 0.3) is 0 Å². The van der Waals surface area contributed by atoms with E-state index in [9.17, 15) is 4.79 Å². The second-order valence-electron chi connectivity index (χ2n) is 6.86. The number of piperidine rings is 1.